The highest BCUT2D eigenvalue weighted by molar-refractivity contribution is 7.13. The van der Waals surface area contributed by atoms with Crippen LogP contribution in [0.4, 0.5) is 5.13 Å². The molecule has 0 spiro atoms. The summed E-state index contributed by atoms with van der Waals surface area (Å²) in [6.07, 6.45) is 1.64. The molecule has 0 saturated carbocycles. The first-order valence-corrected chi connectivity index (χ1v) is 8.53. The average molecular weight is 336 g/mol. The summed E-state index contributed by atoms with van der Waals surface area (Å²) in [7, 11) is 0. The molecule has 0 radical (unpaired) electrons. The van der Waals surface area contributed by atoms with Crippen molar-refractivity contribution in [1.29, 1.82) is 0 Å². The predicted octanol–water partition coefficient (Wildman–Crippen LogP) is 5.10. The molecule has 0 aliphatic rings. The van der Waals surface area contributed by atoms with Crippen LogP contribution in [0.5, 0.6) is 5.75 Å². The minimum atomic E-state index is -0.323. The molecule has 0 fully saturated rings. The molecule has 0 aliphatic heterocycles. The maximum absolute atomic E-state index is 10.6. The standard InChI is InChI=1S/C19H16N2O2S/c1-12-11-24-19(20-12)21-18(16-7-4-10-23-16)17-14-6-3-2-5-13(14)8-9-15(17)22/h2-11,18,22H,1H3,(H,20,21). The lowest BCUT2D eigenvalue weighted by Crippen LogP contribution is -2.12. The summed E-state index contributed by atoms with van der Waals surface area (Å²) in [6, 6.07) is 15.1. The number of aromatic hydroxyl groups is 1. The SMILES string of the molecule is Cc1csc(NC(c2ccco2)c2c(O)ccc3ccccc23)n1. The van der Waals surface area contributed by atoms with E-state index in [1.807, 2.05) is 54.8 Å². The molecule has 120 valence electrons. The van der Waals surface area contributed by atoms with E-state index in [1.54, 1.807) is 12.3 Å². The molecule has 0 saturated heterocycles. The summed E-state index contributed by atoms with van der Waals surface area (Å²) in [5.41, 5.74) is 1.75. The van der Waals surface area contributed by atoms with E-state index in [-0.39, 0.29) is 11.8 Å². The summed E-state index contributed by atoms with van der Waals surface area (Å²) < 4.78 is 5.64. The van der Waals surface area contributed by atoms with Crippen LogP contribution in [-0.2, 0) is 0 Å². The number of hydrogen-bond acceptors (Lipinski definition) is 5. The Hall–Kier alpha value is -2.79. The summed E-state index contributed by atoms with van der Waals surface area (Å²) >= 11 is 1.54. The van der Waals surface area contributed by atoms with Gasteiger partial charge in [-0.3, -0.25) is 0 Å². The fourth-order valence-corrected chi connectivity index (χ4v) is 3.59. The van der Waals surface area contributed by atoms with Gasteiger partial charge in [-0.15, -0.1) is 11.3 Å². The lowest BCUT2D eigenvalue weighted by atomic mass is 9.96. The number of thiazole rings is 1. The average Bonchev–Trinajstić information content (AvgIpc) is 3.25. The monoisotopic (exact) mass is 336 g/mol. The Kier molecular flexibility index (Phi) is 3.70. The highest BCUT2D eigenvalue weighted by Crippen LogP contribution is 2.38. The van der Waals surface area contributed by atoms with Crippen LogP contribution in [0.1, 0.15) is 23.1 Å². The zero-order valence-corrected chi connectivity index (χ0v) is 13.9. The van der Waals surface area contributed by atoms with Gasteiger partial charge in [-0.1, -0.05) is 30.3 Å². The van der Waals surface area contributed by atoms with E-state index in [1.165, 1.54) is 11.3 Å². The summed E-state index contributed by atoms with van der Waals surface area (Å²) in [6.45, 7) is 1.96. The number of phenols is 1. The quantitative estimate of drug-likeness (QED) is 0.544. The number of aromatic nitrogens is 1. The van der Waals surface area contributed by atoms with Crippen LogP contribution in [0.2, 0.25) is 0 Å². The molecule has 2 aromatic carbocycles. The summed E-state index contributed by atoms with van der Waals surface area (Å²) in [5.74, 6) is 0.963. The van der Waals surface area contributed by atoms with Crippen LogP contribution in [0.25, 0.3) is 10.8 Å². The Morgan fingerprint density at radius 3 is 2.75 bits per heavy atom. The first-order valence-electron chi connectivity index (χ1n) is 7.65. The van der Waals surface area contributed by atoms with E-state index in [2.05, 4.69) is 10.3 Å². The molecule has 2 heterocycles. The Labute approximate surface area is 143 Å². The van der Waals surface area contributed by atoms with E-state index in [4.69, 9.17) is 4.42 Å². The molecule has 4 aromatic rings. The third kappa shape index (κ3) is 2.63. The van der Waals surface area contributed by atoms with Gasteiger partial charge < -0.3 is 14.8 Å². The van der Waals surface area contributed by atoms with Gasteiger partial charge in [-0.2, -0.15) is 0 Å². The minimum absolute atomic E-state index is 0.232. The molecule has 0 aliphatic carbocycles. The van der Waals surface area contributed by atoms with E-state index in [9.17, 15) is 5.11 Å². The van der Waals surface area contributed by atoms with Crippen molar-refractivity contribution in [2.75, 3.05) is 5.32 Å². The van der Waals surface area contributed by atoms with Gasteiger partial charge in [0, 0.05) is 10.9 Å². The number of fused-ring (bicyclic) bond motifs is 1. The van der Waals surface area contributed by atoms with Crippen LogP contribution >= 0.6 is 11.3 Å². The van der Waals surface area contributed by atoms with Crippen molar-refractivity contribution in [3.63, 3.8) is 0 Å². The van der Waals surface area contributed by atoms with Crippen molar-refractivity contribution in [1.82, 2.24) is 4.98 Å². The Bertz CT molecular complexity index is 976. The second-order valence-electron chi connectivity index (χ2n) is 5.61. The number of nitrogens with one attached hydrogen (secondary N) is 1. The van der Waals surface area contributed by atoms with Gasteiger partial charge in [0.15, 0.2) is 5.13 Å². The molecular weight excluding hydrogens is 320 g/mol. The van der Waals surface area contributed by atoms with Gasteiger partial charge >= 0.3 is 0 Å². The third-order valence-corrected chi connectivity index (χ3v) is 4.84. The highest BCUT2D eigenvalue weighted by Gasteiger charge is 2.23. The summed E-state index contributed by atoms with van der Waals surface area (Å²) in [4.78, 5) is 4.48. The Morgan fingerprint density at radius 1 is 1.12 bits per heavy atom. The molecule has 24 heavy (non-hydrogen) atoms. The van der Waals surface area contributed by atoms with E-state index >= 15 is 0 Å². The minimum Gasteiger partial charge on any atom is -0.508 e. The van der Waals surface area contributed by atoms with Crippen molar-refractivity contribution in [2.45, 2.75) is 13.0 Å². The van der Waals surface area contributed by atoms with Crippen LogP contribution in [0, 0.1) is 6.92 Å². The topological polar surface area (TPSA) is 58.3 Å². The number of phenolic OH excluding ortho intramolecular Hbond substituents is 1. The predicted molar refractivity (Wildman–Crippen MR) is 96.6 cm³/mol. The zero-order chi connectivity index (χ0) is 16.5. The lowest BCUT2D eigenvalue weighted by Gasteiger charge is -2.20. The van der Waals surface area contributed by atoms with E-state index in [0.29, 0.717) is 0 Å². The molecule has 1 atom stereocenters. The van der Waals surface area contributed by atoms with Gasteiger partial charge in [-0.25, -0.2) is 4.98 Å². The molecule has 5 heteroatoms. The van der Waals surface area contributed by atoms with Gasteiger partial charge in [0.25, 0.3) is 0 Å². The zero-order valence-electron chi connectivity index (χ0n) is 13.1. The number of benzene rings is 2. The van der Waals surface area contributed by atoms with Crippen LogP contribution < -0.4 is 5.32 Å². The van der Waals surface area contributed by atoms with Crippen LogP contribution in [0.3, 0.4) is 0 Å². The number of anilines is 1. The fourth-order valence-electron chi connectivity index (χ4n) is 2.87. The molecular formula is C19H16N2O2S. The van der Waals surface area contributed by atoms with Crippen LogP contribution in [-0.4, -0.2) is 10.1 Å². The number of aryl methyl sites for hydroxylation is 1. The molecule has 2 aromatic heterocycles. The maximum atomic E-state index is 10.6. The molecule has 4 nitrogen and oxygen atoms in total. The smallest absolute Gasteiger partial charge is 0.183 e. The molecule has 0 amide bonds. The molecule has 1 unspecified atom stereocenters. The first-order chi connectivity index (χ1) is 11.7. The lowest BCUT2D eigenvalue weighted by molar-refractivity contribution is 0.456. The number of rotatable bonds is 4. The molecule has 4 rings (SSSR count). The van der Waals surface area contributed by atoms with Crippen LogP contribution in [0.15, 0.2) is 64.6 Å². The fraction of sp³-hybridized carbons (Fsp3) is 0.105. The van der Waals surface area contributed by atoms with E-state index < -0.39 is 0 Å². The van der Waals surface area contributed by atoms with Gasteiger partial charge in [0.2, 0.25) is 0 Å². The second-order valence-corrected chi connectivity index (χ2v) is 6.46. The largest absolute Gasteiger partial charge is 0.508 e. The normalized spacial score (nSPS) is 12.4. The highest BCUT2D eigenvalue weighted by atomic mass is 32.1. The van der Waals surface area contributed by atoms with Crippen molar-refractivity contribution < 1.29 is 9.52 Å². The second kappa shape index (κ2) is 6.02. The summed E-state index contributed by atoms with van der Waals surface area (Å²) in [5, 5.41) is 18.8. The van der Waals surface area contributed by atoms with Crippen molar-refractivity contribution in [3.8, 4) is 5.75 Å². The van der Waals surface area contributed by atoms with Crippen molar-refractivity contribution >= 4 is 27.2 Å². The molecule has 2 N–H and O–H groups in total. The number of nitrogens with zero attached hydrogens (tertiary/aromatic N) is 1. The van der Waals surface area contributed by atoms with Crippen molar-refractivity contribution in [2.24, 2.45) is 0 Å². The van der Waals surface area contributed by atoms with Gasteiger partial charge in [0.1, 0.15) is 17.6 Å². The van der Waals surface area contributed by atoms with Crippen molar-refractivity contribution in [3.05, 3.63) is 77.2 Å². The van der Waals surface area contributed by atoms with Gasteiger partial charge in [-0.05, 0) is 35.9 Å². The van der Waals surface area contributed by atoms with E-state index in [0.717, 1.165) is 32.9 Å². The number of furan rings is 1. The maximum Gasteiger partial charge on any atom is 0.183 e. The Balaban J connectivity index is 1.89. The third-order valence-electron chi connectivity index (χ3n) is 3.95. The number of hydrogen-bond donors (Lipinski definition) is 2. The molecule has 0 bridgehead atoms. The van der Waals surface area contributed by atoms with Gasteiger partial charge in [0.05, 0.1) is 12.0 Å². The Morgan fingerprint density at radius 2 is 2.00 bits per heavy atom. The first kappa shape index (κ1) is 14.8.